The number of hydrogen-bond acceptors (Lipinski definition) is 3. The van der Waals surface area contributed by atoms with E-state index in [1.54, 1.807) is 13.2 Å². The van der Waals surface area contributed by atoms with E-state index in [0.29, 0.717) is 5.69 Å². The van der Waals surface area contributed by atoms with Crippen LogP contribution in [0.25, 0.3) is 10.8 Å². The van der Waals surface area contributed by atoms with Crippen LogP contribution in [0.15, 0.2) is 24.3 Å². The Hall–Kier alpha value is -1.90. The quantitative estimate of drug-likeness (QED) is 0.700. The first-order chi connectivity index (χ1) is 7.24. The summed E-state index contributed by atoms with van der Waals surface area (Å²) in [5.74, 6) is 0.797. The van der Waals surface area contributed by atoms with Gasteiger partial charge in [0.25, 0.3) is 0 Å². The van der Waals surface area contributed by atoms with Crippen LogP contribution in [-0.2, 0) is 0 Å². The van der Waals surface area contributed by atoms with Crippen molar-refractivity contribution in [3.05, 3.63) is 35.7 Å². The number of nitrogens with zero attached hydrogens (tertiary/aromatic N) is 1. The molecule has 2 rings (SSSR count). The van der Waals surface area contributed by atoms with Gasteiger partial charge < -0.3 is 4.74 Å². The minimum absolute atomic E-state index is 0.463. The van der Waals surface area contributed by atoms with Gasteiger partial charge in [0.05, 0.1) is 7.11 Å². The zero-order valence-electron chi connectivity index (χ0n) is 8.65. The average Bonchev–Trinajstić information content (AvgIpc) is 2.28. The smallest absolute Gasteiger partial charge is 0.168 e. The van der Waals surface area contributed by atoms with Gasteiger partial charge in [-0.25, -0.2) is 4.98 Å². The van der Waals surface area contributed by atoms with Crippen molar-refractivity contribution < 1.29 is 9.53 Å². The molecule has 0 aliphatic carbocycles. The Kier molecular flexibility index (Phi) is 2.37. The van der Waals surface area contributed by atoms with E-state index in [9.17, 15) is 4.79 Å². The molecule has 0 spiro atoms. The van der Waals surface area contributed by atoms with Crippen LogP contribution < -0.4 is 4.74 Å². The highest BCUT2D eigenvalue weighted by Gasteiger charge is 2.03. The van der Waals surface area contributed by atoms with Gasteiger partial charge in [-0.2, -0.15) is 0 Å². The minimum Gasteiger partial charge on any atom is -0.497 e. The number of hydrogen-bond donors (Lipinski definition) is 0. The third kappa shape index (κ3) is 1.68. The van der Waals surface area contributed by atoms with E-state index < -0.39 is 0 Å². The summed E-state index contributed by atoms with van der Waals surface area (Å²) < 4.78 is 5.14. The zero-order valence-corrected chi connectivity index (χ0v) is 8.65. The van der Waals surface area contributed by atoms with E-state index in [1.165, 1.54) is 0 Å². The van der Waals surface area contributed by atoms with Gasteiger partial charge in [-0.15, -0.1) is 0 Å². The number of ether oxygens (including phenoxy) is 1. The Bertz CT molecular complexity index is 520. The van der Waals surface area contributed by atoms with E-state index >= 15 is 0 Å². The first-order valence-electron chi connectivity index (χ1n) is 4.65. The number of aromatic nitrogens is 1. The standard InChI is InChI=1S/C12H11NO2/c1-8-12-6-11(15-2)4-3-9(12)5-10(7-14)13-8/h3-7H,1-2H3. The van der Waals surface area contributed by atoms with E-state index in [-0.39, 0.29) is 0 Å². The molecule has 1 aromatic carbocycles. The van der Waals surface area contributed by atoms with Crippen LogP contribution in [0.5, 0.6) is 5.75 Å². The molecule has 0 saturated carbocycles. The van der Waals surface area contributed by atoms with Crippen LogP contribution >= 0.6 is 0 Å². The Morgan fingerprint density at radius 3 is 2.80 bits per heavy atom. The molecule has 15 heavy (non-hydrogen) atoms. The van der Waals surface area contributed by atoms with E-state index in [1.807, 2.05) is 25.1 Å². The van der Waals surface area contributed by atoms with Crippen molar-refractivity contribution in [1.29, 1.82) is 0 Å². The van der Waals surface area contributed by atoms with Gasteiger partial charge in [0.1, 0.15) is 11.4 Å². The third-order valence-corrected chi connectivity index (χ3v) is 2.37. The largest absolute Gasteiger partial charge is 0.497 e. The van der Waals surface area contributed by atoms with Crippen molar-refractivity contribution in [3.8, 4) is 5.75 Å². The second kappa shape index (κ2) is 3.69. The monoisotopic (exact) mass is 201 g/mol. The molecule has 3 nitrogen and oxygen atoms in total. The van der Waals surface area contributed by atoms with Crippen molar-refractivity contribution in [2.24, 2.45) is 0 Å². The molecule has 0 unspecified atom stereocenters. The van der Waals surface area contributed by atoms with E-state index in [4.69, 9.17) is 4.74 Å². The maximum absolute atomic E-state index is 10.6. The van der Waals surface area contributed by atoms with Crippen molar-refractivity contribution in [1.82, 2.24) is 4.98 Å². The summed E-state index contributed by atoms with van der Waals surface area (Å²) in [5.41, 5.74) is 1.30. The molecule has 0 aliphatic heterocycles. The molecule has 0 atom stereocenters. The fourth-order valence-electron chi connectivity index (χ4n) is 1.61. The zero-order chi connectivity index (χ0) is 10.8. The number of carbonyl (C=O) groups excluding carboxylic acids is 1. The Balaban J connectivity index is 2.73. The molecule has 0 bridgehead atoms. The van der Waals surface area contributed by atoms with Gasteiger partial charge in [-0.1, -0.05) is 6.07 Å². The second-order valence-corrected chi connectivity index (χ2v) is 3.34. The molecule has 2 aromatic rings. The van der Waals surface area contributed by atoms with Crippen molar-refractivity contribution in [2.75, 3.05) is 7.11 Å². The van der Waals surface area contributed by atoms with Crippen LogP contribution in [-0.4, -0.2) is 18.4 Å². The minimum atomic E-state index is 0.463. The predicted molar refractivity (Wildman–Crippen MR) is 58.4 cm³/mol. The highest BCUT2D eigenvalue weighted by Crippen LogP contribution is 2.23. The van der Waals surface area contributed by atoms with Gasteiger partial charge in [-0.3, -0.25) is 4.79 Å². The first kappa shape index (κ1) is 9.65. The highest BCUT2D eigenvalue weighted by molar-refractivity contribution is 5.89. The predicted octanol–water partition coefficient (Wildman–Crippen LogP) is 2.36. The molecule has 0 amide bonds. The second-order valence-electron chi connectivity index (χ2n) is 3.34. The maximum atomic E-state index is 10.6. The molecular weight excluding hydrogens is 190 g/mol. The summed E-state index contributed by atoms with van der Waals surface area (Å²) in [5, 5.41) is 2.02. The normalized spacial score (nSPS) is 10.3. The van der Waals surface area contributed by atoms with Gasteiger partial charge in [0.2, 0.25) is 0 Å². The van der Waals surface area contributed by atoms with Gasteiger partial charge in [-0.05, 0) is 30.5 Å². The highest BCUT2D eigenvalue weighted by atomic mass is 16.5. The molecule has 1 heterocycles. The number of carbonyl (C=O) groups is 1. The van der Waals surface area contributed by atoms with Crippen molar-refractivity contribution in [2.45, 2.75) is 6.92 Å². The summed E-state index contributed by atoms with van der Waals surface area (Å²) >= 11 is 0. The lowest BCUT2D eigenvalue weighted by molar-refractivity contribution is 0.111. The fraction of sp³-hybridized carbons (Fsp3) is 0.167. The molecule has 0 aliphatic rings. The fourth-order valence-corrected chi connectivity index (χ4v) is 1.61. The summed E-state index contributed by atoms with van der Waals surface area (Å²) in [6, 6.07) is 7.49. The molecule has 0 N–H and O–H groups in total. The van der Waals surface area contributed by atoms with E-state index in [2.05, 4.69) is 4.98 Å². The number of aryl methyl sites for hydroxylation is 1. The van der Waals surface area contributed by atoms with Gasteiger partial charge in [0.15, 0.2) is 6.29 Å². The van der Waals surface area contributed by atoms with Crippen LogP contribution in [0.3, 0.4) is 0 Å². The molecule has 0 fully saturated rings. The lowest BCUT2D eigenvalue weighted by Crippen LogP contribution is -1.92. The van der Waals surface area contributed by atoms with Crippen LogP contribution in [0.2, 0.25) is 0 Å². The molecular formula is C12H11NO2. The number of rotatable bonds is 2. The third-order valence-electron chi connectivity index (χ3n) is 2.37. The summed E-state index contributed by atoms with van der Waals surface area (Å²) in [6.07, 6.45) is 0.761. The maximum Gasteiger partial charge on any atom is 0.168 e. The number of benzene rings is 1. The Morgan fingerprint density at radius 1 is 1.33 bits per heavy atom. The molecule has 0 saturated heterocycles. The van der Waals surface area contributed by atoms with Crippen molar-refractivity contribution in [3.63, 3.8) is 0 Å². The SMILES string of the molecule is COc1ccc2cc(C=O)nc(C)c2c1. The number of fused-ring (bicyclic) bond motifs is 1. The average molecular weight is 201 g/mol. The number of pyridine rings is 1. The van der Waals surface area contributed by atoms with Gasteiger partial charge in [0, 0.05) is 11.1 Å². The molecule has 1 aromatic heterocycles. The number of aldehydes is 1. The molecule has 0 radical (unpaired) electrons. The molecule has 3 heteroatoms. The summed E-state index contributed by atoms with van der Waals surface area (Å²) in [4.78, 5) is 14.8. The van der Waals surface area contributed by atoms with Gasteiger partial charge >= 0.3 is 0 Å². The summed E-state index contributed by atoms with van der Waals surface area (Å²) in [7, 11) is 1.63. The topological polar surface area (TPSA) is 39.2 Å². The van der Waals surface area contributed by atoms with Crippen LogP contribution in [0.1, 0.15) is 16.2 Å². The van der Waals surface area contributed by atoms with Crippen LogP contribution in [0, 0.1) is 6.92 Å². The summed E-state index contributed by atoms with van der Waals surface area (Å²) in [6.45, 7) is 1.88. The van der Waals surface area contributed by atoms with E-state index in [0.717, 1.165) is 28.5 Å². The Labute approximate surface area is 87.7 Å². The first-order valence-corrected chi connectivity index (χ1v) is 4.65. The number of methoxy groups -OCH3 is 1. The lowest BCUT2D eigenvalue weighted by Gasteiger charge is -2.05. The Morgan fingerprint density at radius 2 is 2.13 bits per heavy atom. The molecule has 76 valence electrons. The van der Waals surface area contributed by atoms with Crippen molar-refractivity contribution >= 4 is 17.1 Å². The lowest BCUT2D eigenvalue weighted by atomic mass is 10.1. The van der Waals surface area contributed by atoms with Crippen LogP contribution in [0.4, 0.5) is 0 Å².